The van der Waals surface area contributed by atoms with Gasteiger partial charge in [0, 0.05) is 12.2 Å². The molecule has 0 aromatic heterocycles. The molecule has 3 N–H and O–H groups in total. The lowest BCUT2D eigenvalue weighted by molar-refractivity contribution is 0.242. The highest BCUT2D eigenvalue weighted by Gasteiger charge is 2.02. The molecular formula is C19H26IN3O2. The van der Waals surface area contributed by atoms with E-state index in [4.69, 9.17) is 15.2 Å². The number of halogens is 1. The predicted molar refractivity (Wildman–Crippen MR) is 114 cm³/mol. The summed E-state index contributed by atoms with van der Waals surface area (Å²) in [5, 5.41) is 3.08. The number of nitrogens with two attached hydrogens (primary N) is 1. The van der Waals surface area contributed by atoms with E-state index in [1.165, 1.54) is 0 Å². The number of guanidine groups is 1. The van der Waals surface area contributed by atoms with E-state index in [9.17, 15) is 0 Å². The summed E-state index contributed by atoms with van der Waals surface area (Å²) in [6.07, 6.45) is 0.929. The van der Waals surface area contributed by atoms with Gasteiger partial charge in [-0.1, -0.05) is 18.2 Å². The largest absolute Gasteiger partial charge is 0.496 e. The van der Waals surface area contributed by atoms with Gasteiger partial charge in [-0.15, -0.1) is 24.0 Å². The molecule has 25 heavy (non-hydrogen) atoms. The van der Waals surface area contributed by atoms with E-state index < -0.39 is 0 Å². The molecule has 0 fully saturated rings. The minimum absolute atomic E-state index is 0. The first kappa shape index (κ1) is 21.1. The van der Waals surface area contributed by atoms with Crippen LogP contribution in [-0.2, 0) is 6.42 Å². The molecule has 136 valence electrons. The van der Waals surface area contributed by atoms with Crippen LogP contribution in [0.5, 0.6) is 11.5 Å². The standard InChI is InChI=1S/C19H25N3O2.HI/c1-14(2)24-17-10-8-16(9-11-17)22-19(20)21-13-12-15-6-4-5-7-18(15)23-3;/h4-11,14H,12-13H2,1-3H3,(H3,20,21,22);1H. The number of para-hydroxylation sites is 1. The van der Waals surface area contributed by atoms with Gasteiger partial charge in [0.05, 0.1) is 13.2 Å². The van der Waals surface area contributed by atoms with Gasteiger partial charge in [0.25, 0.3) is 0 Å². The predicted octanol–water partition coefficient (Wildman–Crippen LogP) is 4.07. The summed E-state index contributed by atoms with van der Waals surface area (Å²) >= 11 is 0. The zero-order chi connectivity index (χ0) is 17.4. The fourth-order valence-electron chi connectivity index (χ4n) is 2.28. The van der Waals surface area contributed by atoms with E-state index >= 15 is 0 Å². The number of rotatable bonds is 7. The lowest BCUT2D eigenvalue weighted by Gasteiger charge is -2.11. The molecule has 6 heteroatoms. The Labute approximate surface area is 166 Å². The number of anilines is 1. The fraction of sp³-hybridized carbons (Fsp3) is 0.316. The van der Waals surface area contributed by atoms with Crippen LogP contribution in [0, 0.1) is 0 Å². The lowest BCUT2D eigenvalue weighted by atomic mass is 10.1. The molecule has 0 unspecified atom stereocenters. The summed E-state index contributed by atoms with van der Waals surface area (Å²) < 4.78 is 10.9. The molecule has 2 rings (SSSR count). The number of nitrogens with one attached hydrogen (secondary N) is 1. The molecule has 0 heterocycles. The van der Waals surface area contributed by atoms with Crippen LogP contribution in [0.15, 0.2) is 53.5 Å². The van der Waals surface area contributed by atoms with Gasteiger partial charge < -0.3 is 20.5 Å². The molecule has 0 aliphatic carbocycles. The van der Waals surface area contributed by atoms with Gasteiger partial charge in [0.2, 0.25) is 0 Å². The third-order valence-corrected chi connectivity index (χ3v) is 3.35. The van der Waals surface area contributed by atoms with Crippen LogP contribution >= 0.6 is 24.0 Å². The summed E-state index contributed by atoms with van der Waals surface area (Å²) in [4.78, 5) is 4.36. The van der Waals surface area contributed by atoms with Crippen molar-refractivity contribution in [3.05, 3.63) is 54.1 Å². The minimum Gasteiger partial charge on any atom is -0.496 e. The summed E-state index contributed by atoms with van der Waals surface area (Å²) in [6.45, 7) is 4.59. The van der Waals surface area contributed by atoms with Crippen LogP contribution in [0.3, 0.4) is 0 Å². The highest BCUT2D eigenvalue weighted by molar-refractivity contribution is 14.0. The number of hydrogen-bond donors (Lipinski definition) is 2. The SMILES string of the molecule is COc1ccccc1CCN=C(N)Nc1ccc(OC(C)C)cc1.I. The van der Waals surface area contributed by atoms with Crippen molar-refractivity contribution in [2.75, 3.05) is 19.0 Å². The van der Waals surface area contributed by atoms with Gasteiger partial charge in [-0.2, -0.15) is 0 Å². The maximum absolute atomic E-state index is 5.94. The van der Waals surface area contributed by atoms with Crippen LogP contribution in [-0.4, -0.2) is 25.7 Å². The average Bonchev–Trinajstić information content (AvgIpc) is 2.56. The van der Waals surface area contributed by atoms with Crippen molar-refractivity contribution in [3.8, 4) is 11.5 Å². The maximum Gasteiger partial charge on any atom is 0.193 e. The monoisotopic (exact) mass is 455 g/mol. The maximum atomic E-state index is 5.94. The van der Waals surface area contributed by atoms with Crippen molar-refractivity contribution in [2.45, 2.75) is 26.4 Å². The van der Waals surface area contributed by atoms with Crippen LogP contribution in [0.25, 0.3) is 0 Å². The Balaban J connectivity index is 0.00000312. The van der Waals surface area contributed by atoms with E-state index in [1.807, 2.05) is 62.4 Å². The molecule has 2 aromatic rings. The van der Waals surface area contributed by atoms with Gasteiger partial charge in [-0.25, -0.2) is 0 Å². The molecular weight excluding hydrogens is 429 g/mol. The van der Waals surface area contributed by atoms with Gasteiger partial charge in [0.1, 0.15) is 11.5 Å². The number of ether oxygens (including phenoxy) is 2. The Kier molecular flexibility index (Phi) is 9.12. The van der Waals surface area contributed by atoms with Gasteiger partial charge >= 0.3 is 0 Å². The molecule has 5 nitrogen and oxygen atoms in total. The Bertz CT molecular complexity index is 673. The van der Waals surface area contributed by atoms with E-state index in [-0.39, 0.29) is 30.1 Å². The summed E-state index contributed by atoms with van der Waals surface area (Å²) in [5.41, 5.74) is 7.93. The lowest BCUT2D eigenvalue weighted by Crippen LogP contribution is -2.23. The highest BCUT2D eigenvalue weighted by atomic mass is 127. The van der Waals surface area contributed by atoms with E-state index in [1.54, 1.807) is 7.11 Å². The molecule has 2 aromatic carbocycles. The second-order valence-electron chi connectivity index (χ2n) is 5.64. The molecule has 0 saturated carbocycles. The molecule has 0 aliphatic heterocycles. The number of hydrogen-bond acceptors (Lipinski definition) is 3. The Morgan fingerprint density at radius 2 is 1.80 bits per heavy atom. The van der Waals surface area contributed by atoms with Crippen molar-refractivity contribution in [2.24, 2.45) is 10.7 Å². The van der Waals surface area contributed by atoms with Crippen LogP contribution in [0.2, 0.25) is 0 Å². The van der Waals surface area contributed by atoms with E-state index in [0.29, 0.717) is 12.5 Å². The quantitative estimate of drug-likeness (QED) is 0.375. The van der Waals surface area contributed by atoms with E-state index in [0.717, 1.165) is 29.2 Å². The molecule has 0 aliphatic rings. The van der Waals surface area contributed by atoms with Gasteiger partial charge in [0.15, 0.2) is 5.96 Å². The zero-order valence-corrected chi connectivity index (χ0v) is 17.2. The van der Waals surface area contributed by atoms with Gasteiger partial charge in [-0.05, 0) is 56.2 Å². The van der Waals surface area contributed by atoms with Crippen LogP contribution in [0.4, 0.5) is 5.69 Å². The smallest absolute Gasteiger partial charge is 0.193 e. The number of nitrogens with zero attached hydrogens (tertiary/aromatic N) is 1. The molecule has 0 radical (unpaired) electrons. The molecule has 0 spiro atoms. The average molecular weight is 455 g/mol. The Morgan fingerprint density at radius 1 is 1.12 bits per heavy atom. The topological polar surface area (TPSA) is 68.9 Å². The van der Waals surface area contributed by atoms with Crippen molar-refractivity contribution < 1.29 is 9.47 Å². The first-order valence-corrected chi connectivity index (χ1v) is 8.04. The van der Waals surface area contributed by atoms with Crippen molar-refractivity contribution in [1.29, 1.82) is 0 Å². The van der Waals surface area contributed by atoms with E-state index in [2.05, 4.69) is 10.3 Å². The number of methoxy groups -OCH3 is 1. The molecule has 0 atom stereocenters. The minimum atomic E-state index is 0. The summed E-state index contributed by atoms with van der Waals surface area (Å²) in [6, 6.07) is 15.6. The normalized spacial score (nSPS) is 11.0. The van der Waals surface area contributed by atoms with Crippen LogP contribution in [0.1, 0.15) is 19.4 Å². The van der Waals surface area contributed by atoms with Crippen molar-refractivity contribution in [3.63, 3.8) is 0 Å². The first-order chi connectivity index (χ1) is 11.6. The van der Waals surface area contributed by atoms with Gasteiger partial charge in [-0.3, -0.25) is 4.99 Å². The third kappa shape index (κ3) is 7.21. The Hall–Kier alpha value is -1.96. The van der Waals surface area contributed by atoms with Crippen molar-refractivity contribution in [1.82, 2.24) is 0 Å². The number of aliphatic imine (C=N–C) groups is 1. The molecule has 0 saturated heterocycles. The third-order valence-electron chi connectivity index (χ3n) is 3.35. The highest BCUT2D eigenvalue weighted by Crippen LogP contribution is 2.18. The van der Waals surface area contributed by atoms with Crippen LogP contribution < -0.4 is 20.5 Å². The zero-order valence-electron chi connectivity index (χ0n) is 14.9. The second kappa shape index (κ2) is 10.8. The Morgan fingerprint density at radius 3 is 2.44 bits per heavy atom. The molecule has 0 amide bonds. The summed E-state index contributed by atoms with van der Waals surface area (Å²) in [5.74, 6) is 2.10. The second-order valence-corrected chi connectivity index (χ2v) is 5.64. The first-order valence-electron chi connectivity index (χ1n) is 8.04. The molecule has 0 bridgehead atoms. The number of benzene rings is 2. The van der Waals surface area contributed by atoms with Crippen molar-refractivity contribution >= 4 is 35.6 Å². The summed E-state index contributed by atoms with van der Waals surface area (Å²) in [7, 11) is 1.67. The fourth-order valence-corrected chi connectivity index (χ4v) is 2.28.